The number of hydrogen-bond donors (Lipinski definition) is 0. The number of ether oxygens (including phenoxy) is 1. The van der Waals surface area contributed by atoms with Crippen molar-refractivity contribution in [1.82, 2.24) is 15.1 Å². The van der Waals surface area contributed by atoms with Crippen LogP contribution in [0.4, 0.5) is 0 Å². The molecule has 6 nitrogen and oxygen atoms in total. The van der Waals surface area contributed by atoms with Gasteiger partial charge in [-0.2, -0.15) is 4.98 Å². The number of ketones is 1. The summed E-state index contributed by atoms with van der Waals surface area (Å²) in [6.07, 6.45) is 3.43. The Kier molecular flexibility index (Phi) is 5.18. The van der Waals surface area contributed by atoms with Gasteiger partial charge in [0.2, 0.25) is 17.5 Å². The Labute approximate surface area is 183 Å². The molecule has 0 saturated heterocycles. The number of aryl methyl sites for hydroxylation is 2. The average molecular weight is 430 g/mol. The molecule has 0 atom stereocenters. The second kappa shape index (κ2) is 8.28. The highest BCUT2D eigenvalue weighted by atomic mass is 32.1. The predicted molar refractivity (Wildman–Crippen MR) is 118 cm³/mol. The van der Waals surface area contributed by atoms with Crippen LogP contribution in [0.5, 0.6) is 5.75 Å². The monoisotopic (exact) mass is 429 g/mol. The Morgan fingerprint density at radius 3 is 2.61 bits per heavy atom. The summed E-state index contributed by atoms with van der Waals surface area (Å²) in [6.45, 7) is 1.98. The first-order valence-electron chi connectivity index (χ1n) is 9.98. The molecule has 0 saturated carbocycles. The van der Waals surface area contributed by atoms with Crippen LogP contribution < -0.4 is 4.74 Å². The molecule has 0 amide bonds. The first-order chi connectivity index (χ1) is 15.2. The molecule has 0 bridgehead atoms. The SMILES string of the molecule is Cc1nc(COc2ccc(/C=C3\CCc4nc(-c5ccccc5)sc4C3=O)cc2)no1. The van der Waals surface area contributed by atoms with Gasteiger partial charge >= 0.3 is 0 Å². The lowest BCUT2D eigenvalue weighted by Crippen LogP contribution is -2.12. The summed E-state index contributed by atoms with van der Waals surface area (Å²) in [4.78, 5) is 22.6. The number of aromatic nitrogens is 3. The summed E-state index contributed by atoms with van der Waals surface area (Å²) >= 11 is 1.48. The minimum atomic E-state index is 0.0775. The molecular weight excluding hydrogens is 410 g/mol. The quantitative estimate of drug-likeness (QED) is 0.401. The van der Waals surface area contributed by atoms with Crippen molar-refractivity contribution >= 4 is 23.2 Å². The maximum Gasteiger partial charge on any atom is 0.223 e. The van der Waals surface area contributed by atoms with Crippen molar-refractivity contribution in [3.8, 4) is 16.3 Å². The Hall–Kier alpha value is -3.58. The molecule has 2 heterocycles. The lowest BCUT2D eigenvalue weighted by molar-refractivity contribution is 0.103. The lowest BCUT2D eigenvalue weighted by Gasteiger charge is -2.12. The highest BCUT2D eigenvalue weighted by Gasteiger charge is 2.26. The molecule has 0 fully saturated rings. The maximum absolute atomic E-state index is 13.0. The van der Waals surface area contributed by atoms with Gasteiger partial charge < -0.3 is 9.26 Å². The summed E-state index contributed by atoms with van der Waals surface area (Å²) in [6, 6.07) is 17.6. The molecule has 154 valence electrons. The van der Waals surface area contributed by atoms with Crippen LogP contribution in [0.25, 0.3) is 16.6 Å². The van der Waals surface area contributed by atoms with E-state index in [4.69, 9.17) is 14.2 Å². The van der Waals surface area contributed by atoms with Crippen LogP contribution in [-0.4, -0.2) is 20.9 Å². The number of allylic oxidation sites excluding steroid dienone is 1. The van der Waals surface area contributed by atoms with E-state index in [1.54, 1.807) is 6.92 Å². The normalized spacial score (nSPS) is 14.6. The van der Waals surface area contributed by atoms with Gasteiger partial charge in [0.1, 0.15) is 10.8 Å². The fourth-order valence-corrected chi connectivity index (χ4v) is 4.55. The minimum absolute atomic E-state index is 0.0775. The first-order valence-corrected chi connectivity index (χ1v) is 10.8. The van der Waals surface area contributed by atoms with Crippen molar-refractivity contribution in [3.63, 3.8) is 0 Å². The van der Waals surface area contributed by atoms with Gasteiger partial charge in [0, 0.05) is 18.1 Å². The summed E-state index contributed by atoms with van der Waals surface area (Å²) in [7, 11) is 0. The number of carbonyl (C=O) groups excluding carboxylic acids is 1. The molecular formula is C24H19N3O3S. The van der Waals surface area contributed by atoms with Gasteiger partial charge in [-0.05, 0) is 36.6 Å². The number of hydrogen-bond acceptors (Lipinski definition) is 7. The van der Waals surface area contributed by atoms with Crippen LogP contribution in [-0.2, 0) is 13.0 Å². The zero-order chi connectivity index (χ0) is 21.2. The highest BCUT2D eigenvalue weighted by Crippen LogP contribution is 2.35. The zero-order valence-electron chi connectivity index (χ0n) is 16.9. The van der Waals surface area contributed by atoms with E-state index in [0.717, 1.165) is 38.7 Å². The van der Waals surface area contributed by atoms with Crippen molar-refractivity contribution in [2.45, 2.75) is 26.4 Å². The number of thiazole rings is 1. The van der Waals surface area contributed by atoms with Crippen molar-refractivity contribution in [2.24, 2.45) is 0 Å². The summed E-state index contributed by atoms with van der Waals surface area (Å²) in [5.74, 6) is 1.80. The number of Topliss-reactive ketones (excluding diaryl/α,β-unsaturated/α-hetero) is 1. The fourth-order valence-electron chi connectivity index (χ4n) is 3.46. The number of benzene rings is 2. The molecule has 2 aromatic carbocycles. The minimum Gasteiger partial charge on any atom is -0.485 e. The van der Waals surface area contributed by atoms with Gasteiger partial charge in [-0.3, -0.25) is 4.79 Å². The maximum atomic E-state index is 13.0. The van der Waals surface area contributed by atoms with Crippen LogP contribution in [0.15, 0.2) is 64.7 Å². The number of carbonyl (C=O) groups is 1. The van der Waals surface area contributed by atoms with E-state index in [1.165, 1.54) is 11.3 Å². The molecule has 1 aliphatic carbocycles. The first kappa shape index (κ1) is 19.4. The summed E-state index contributed by atoms with van der Waals surface area (Å²) in [5, 5.41) is 4.71. The van der Waals surface area contributed by atoms with Gasteiger partial charge in [-0.15, -0.1) is 11.3 Å². The molecule has 0 N–H and O–H groups in total. The van der Waals surface area contributed by atoms with E-state index < -0.39 is 0 Å². The summed E-state index contributed by atoms with van der Waals surface area (Å²) in [5.41, 5.74) is 3.73. The van der Waals surface area contributed by atoms with E-state index >= 15 is 0 Å². The Morgan fingerprint density at radius 1 is 1.06 bits per heavy atom. The fraction of sp³-hybridized carbons (Fsp3) is 0.167. The van der Waals surface area contributed by atoms with Crippen molar-refractivity contribution < 1.29 is 14.1 Å². The van der Waals surface area contributed by atoms with Gasteiger partial charge in [0.05, 0.1) is 10.6 Å². The smallest absolute Gasteiger partial charge is 0.223 e. The Balaban J connectivity index is 1.30. The molecule has 0 unspecified atom stereocenters. The highest BCUT2D eigenvalue weighted by molar-refractivity contribution is 7.17. The van der Waals surface area contributed by atoms with Crippen LogP contribution in [0.2, 0.25) is 0 Å². The van der Waals surface area contributed by atoms with E-state index in [9.17, 15) is 4.79 Å². The van der Waals surface area contributed by atoms with Crippen molar-refractivity contribution in [2.75, 3.05) is 0 Å². The van der Waals surface area contributed by atoms with Gasteiger partial charge in [-0.25, -0.2) is 4.98 Å². The van der Waals surface area contributed by atoms with Crippen LogP contribution in [0, 0.1) is 6.92 Å². The molecule has 2 aromatic heterocycles. The molecule has 1 aliphatic rings. The summed E-state index contributed by atoms with van der Waals surface area (Å²) < 4.78 is 10.6. The third kappa shape index (κ3) is 4.18. The molecule has 0 aliphatic heterocycles. The second-order valence-electron chi connectivity index (χ2n) is 7.25. The van der Waals surface area contributed by atoms with E-state index in [0.29, 0.717) is 23.9 Å². The van der Waals surface area contributed by atoms with E-state index in [1.807, 2.05) is 60.7 Å². The van der Waals surface area contributed by atoms with Crippen molar-refractivity contribution in [3.05, 3.63) is 88.0 Å². The number of rotatable bonds is 5. The van der Waals surface area contributed by atoms with Crippen LogP contribution in [0.3, 0.4) is 0 Å². The van der Waals surface area contributed by atoms with Crippen LogP contribution >= 0.6 is 11.3 Å². The van der Waals surface area contributed by atoms with E-state index in [-0.39, 0.29) is 12.4 Å². The lowest BCUT2D eigenvalue weighted by atomic mass is 9.94. The predicted octanol–water partition coefficient (Wildman–Crippen LogP) is 5.29. The third-order valence-corrected chi connectivity index (χ3v) is 6.15. The third-order valence-electron chi connectivity index (χ3n) is 5.01. The zero-order valence-corrected chi connectivity index (χ0v) is 17.7. The van der Waals surface area contributed by atoms with E-state index in [2.05, 4.69) is 10.1 Å². The standard InChI is InChI=1S/C24H19N3O3S/c1-15-25-21(27-30-15)14-29-19-10-7-16(8-11-19)13-18-9-12-20-23(22(18)28)31-24(26-20)17-5-3-2-4-6-17/h2-8,10-11,13H,9,12,14H2,1H3/b18-13+. The van der Waals surface area contributed by atoms with Gasteiger partial charge in [-0.1, -0.05) is 47.6 Å². The van der Waals surface area contributed by atoms with Gasteiger partial charge in [0.15, 0.2) is 6.61 Å². The van der Waals surface area contributed by atoms with Gasteiger partial charge in [0.25, 0.3) is 0 Å². The number of nitrogens with zero attached hydrogens (tertiary/aromatic N) is 3. The average Bonchev–Trinajstić information content (AvgIpc) is 3.42. The Morgan fingerprint density at radius 2 is 1.87 bits per heavy atom. The number of fused-ring (bicyclic) bond motifs is 1. The largest absolute Gasteiger partial charge is 0.485 e. The molecule has 0 radical (unpaired) electrons. The van der Waals surface area contributed by atoms with Crippen LogP contribution in [0.1, 0.15) is 39.1 Å². The molecule has 7 heteroatoms. The van der Waals surface area contributed by atoms with Crippen molar-refractivity contribution in [1.29, 1.82) is 0 Å². The molecule has 0 spiro atoms. The molecule has 4 aromatic rings. The topological polar surface area (TPSA) is 78.1 Å². The second-order valence-corrected chi connectivity index (χ2v) is 8.25. The Bertz CT molecular complexity index is 1260. The molecule has 31 heavy (non-hydrogen) atoms. The molecule has 5 rings (SSSR count).